The van der Waals surface area contributed by atoms with Gasteiger partial charge in [0.15, 0.2) is 11.5 Å². The molecule has 0 saturated carbocycles. The van der Waals surface area contributed by atoms with Gasteiger partial charge in [-0.15, -0.1) is 0 Å². The van der Waals surface area contributed by atoms with Gasteiger partial charge in [-0.25, -0.2) is 4.79 Å². The Morgan fingerprint density at radius 1 is 0.800 bits per heavy atom. The monoisotopic (exact) mass is 476 g/mol. The van der Waals surface area contributed by atoms with Crippen LogP contribution in [-0.4, -0.2) is 38.8 Å². The first-order chi connectivity index (χ1) is 16.7. The molecule has 0 fully saturated rings. The number of methoxy groups -OCH3 is 3. The molecule has 3 aromatic carbocycles. The van der Waals surface area contributed by atoms with Crippen molar-refractivity contribution in [2.75, 3.05) is 33.2 Å². The van der Waals surface area contributed by atoms with Crippen molar-refractivity contribution >= 4 is 11.7 Å². The van der Waals surface area contributed by atoms with E-state index >= 15 is 0 Å². The number of anilines is 1. The van der Waals surface area contributed by atoms with Crippen LogP contribution in [0, 0.1) is 0 Å². The number of benzene rings is 3. The fourth-order valence-electron chi connectivity index (χ4n) is 3.76. The highest BCUT2D eigenvalue weighted by atomic mass is 16.5. The zero-order valence-electron chi connectivity index (χ0n) is 21.6. The van der Waals surface area contributed by atoms with Gasteiger partial charge in [0.05, 0.1) is 21.3 Å². The molecule has 0 aliphatic heterocycles. The minimum atomic E-state index is -0.157. The first-order valence-corrected chi connectivity index (χ1v) is 11.7. The summed E-state index contributed by atoms with van der Waals surface area (Å²) in [5, 5.41) is 3.01. The standard InChI is InChI=1S/C29H36N2O4/c1-29(2,3)23-10-7-22(8-11-23)20-31(28(32)30-24-12-14-25(33-4)15-13-24)18-17-21-9-16-26(34-5)27(19-21)35-6/h7-16,19H,17-18,20H2,1-6H3,(H,30,32). The first kappa shape index (κ1) is 25.9. The Hall–Kier alpha value is -3.67. The number of rotatable bonds is 9. The van der Waals surface area contributed by atoms with E-state index in [2.05, 4.69) is 50.4 Å². The summed E-state index contributed by atoms with van der Waals surface area (Å²) in [6.45, 7) is 7.62. The summed E-state index contributed by atoms with van der Waals surface area (Å²) in [5.74, 6) is 2.11. The lowest BCUT2D eigenvalue weighted by molar-refractivity contribution is 0.209. The fourth-order valence-corrected chi connectivity index (χ4v) is 3.76. The van der Waals surface area contributed by atoms with Crippen molar-refractivity contribution in [3.05, 3.63) is 83.4 Å². The number of amides is 2. The average Bonchev–Trinajstić information content (AvgIpc) is 2.86. The summed E-state index contributed by atoms with van der Waals surface area (Å²) in [4.78, 5) is 15.1. The van der Waals surface area contributed by atoms with E-state index < -0.39 is 0 Å². The second-order valence-electron chi connectivity index (χ2n) is 9.47. The third kappa shape index (κ3) is 7.15. The molecule has 0 saturated heterocycles. The number of nitrogens with zero attached hydrogens (tertiary/aromatic N) is 1. The van der Waals surface area contributed by atoms with Crippen LogP contribution in [0.2, 0.25) is 0 Å². The zero-order valence-corrected chi connectivity index (χ0v) is 21.6. The molecule has 0 radical (unpaired) electrons. The van der Waals surface area contributed by atoms with Gasteiger partial charge in [-0.1, -0.05) is 51.1 Å². The summed E-state index contributed by atoms with van der Waals surface area (Å²) in [6.07, 6.45) is 0.677. The van der Waals surface area contributed by atoms with E-state index in [1.807, 2.05) is 47.4 Å². The van der Waals surface area contributed by atoms with Crippen molar-refractivity contribution in [1.29, 1.82) is 0 Å². The molecule has 3 aromatic rings. The van der Waals surface area contributed by atoms with Crippen molar-refractivity contribution < 1.29 is 19.0 Å². The highest BCUT2D eigenvalue weighted by Crippen LogP contribution is 2.28. The zero-order chi connectivity index (χ0) is 25.4. The molecular formula is C29H36N2O4. The highest BCUT2D eigenvalue weighted by Gasteiger charge is 2.17. The number of hydrogen-bond acceptors (Lipinski definition) is 4. The molecule has 35 heavy (non-hydrogen) atoms. The first-order valence-electron chi connectivity index (χ1n) is 11.7. The lowest BCUT2D eigenvalue weighted by Gasteiger charge is -2.25. The lowest BCUT2D eigenvalue weighted by atomic mass is 9.87. The maximum Gasteiger partial charge on any atom is 0.322 e. The molecule has 6 nitrogen and oxygen atoms in total. The number of carbonyl (C=O) groups excluding carboxylic acids is 1. The van der Waals surface area contributed by atoms with Gasteiger partial charge < -0.3 is 24.4 Å². The third-order valence-electron chi connectivity index (χ3n) is 5.94. The molecule has 0 bridgehead atoms. The molecule has 2 amide bonds. The van der Waals surface area contributed by atoms with E-state index in [0.29, 0.717) is 31.0 Å². The van der Waals surface area contributed by atoms with Crippen molar-refractivity contribution in [2.45, 2.75) is 39.2 Å². The summed E-state index contributed by atoms with van der Waals surface area (Å²) in [6, 6.07) is 21.5. The molecule has 0 aromatic heterocycles. The number of carbonyl (C=O) groups is 1. The Balaban J connectivity index is 1.78. The second kappa shape index (κ2) is 11.6. The molecule has 0 heterocycles. The van der Waals surface area contributed by atoms with Crippen LogP contribution >= 0.6 is 0 Å². The fraction of sp³-hybridized carbons (Fsp3) is 0.345. The molecule has 0 unspecified atom stereocenters. The number of hydrogen-bond donors (Lipinski definition) is 1. The van der Waals surface area contributed by atoms with Crippen LogP contribution in [-0.2, 0) is 18.4 Å². The Kier molecular flexibility index (Phi) is 8.63. The summed E-state index contributed by atoms with van der Waals surface area (Å²) >= 11 is 0. The van der Waals surface area contributed by atoms with Crippen LogP contribution < -0.4 is 19.5 Å². The minimum absolute atomic E-state index is 0.0807. The van der Waals surface area contributed by atoms with Crippen molar-refractivity contribution in [1.82, 2.24) is 4.90 Å². The Bertz CT molecular complexity index is 1100. The number of ether oxygens (including phenoxy) is 3. The van der Waals surface area contributed by atoms with Crippen LogP contribution in [0.3, 0.4) is 0 Å². The van der Waals surface area contributed by atoms with Crippen molar-refractivity contribution in [3.8, 4) is 17.2 Å². The third-order valence-corrected chi connectivity index (χ3v) is 5.94. The van der Waals surface area contributed by atoms with Gasteiger partial charge in [0.2, 0.25) is 0 Å². The average molecular weight is 477 g/mol. The van der Waals surface area contributed by atoms with Crippen LogP contribution in [0.15, 0.2) is 66.7 Å². The summed E-state index contributed by atoms with van der Waals surface area (Å²) in [7, 11) is 4.86. The highest BCUT2D eigenvalue weighted by molar-refractivity contribution is 5.89. The SMILES string of the molecule is COc1ccc(NC(=O)N(CCc2ccc(OC)c(OC)c2)Cc2ccc(C(C)(C)C)cc2)cc1. The molecule has 0 aliphatic carbocycles. The predicted octanol–water partition coefficient (Wildman–Crippen LogP) is 6.29. The van der Waals surface area contributed by atoms with E-state index in [-0.39, 0.29) is 11.4 Å². The van der Waals surface area contributed by atoms with Gasteiger partial charge >= 0.3 is 6.03 Å². The lowest BCUT2D eigenvalue weighted by Crippen LogP contribution is -2.36. The van der Waals surface area contributed by atoms with Gasteiger partial charge in [-0.3, -0.25) is 0 Å². The van der Waals surface area contributed by atoms with E-state index in [1.54, 1.807) is 21.3 Å². The van der Waals surface area contributed by atoms with Gasteiger partial charge in [-0.2, -0.15) is 0 Å². The summed E-state index contributed by atoms with van der Waals surface area (Å²) in [5.41, 5.74) is 4.20. The van der Waals surface area contributed by atoms with Gasteiger partial charge in [0.25, 0.3) is 0 Å². The molecule has 3 rings (SSSR count). The molecule has 6 heteroatoms. The van der Waals surface area contributed by atoms with Crippen LogP contribution in [0.4, 0.5) is 10.5 Å². The van der Waals surface area contributed by atoms with Crippen LogP contribution in [0.5, 0.6) is 17.2 Å². The maximum absolute atomic E-state index is 13.3. The number of urea groups is 1. The largest absolute Gasteiger partial charge is 0.497 e. The van der Waals surface area contributed by atoms with Gasteiger partial charge in [0, 0.05) is 18.8 Å². The normalized spacial score (nSPS) is 11.0. The van der Waals surface area contributed by atoms with E-state index in [0.717, 1.165) is 22.6 Å². The quantitative estimate of drug-likeness (QED) is 0.394. The predicted molar refractivity (Wildman–Crippen MR) is 141 cm³/mol. The van der Waals surface area contributed by atoms with E-state index in [1.165, 1.54) is 5.56 Å². The molecule has 0 aliphatic rings. The smallest absolute Gasteiger partial charge is 0.322 e. The molecule has 1 N–H and O–H groups in total. The van der Waals surface area contributed by atoms with Crippen molar-refractivity contribution in [3.63, 3.8) is 0 Å². The van der Waals surface area contributed by atoms with Crippen LogP contribution in [0.1, 0.15) is 37.5 Å². The summed E-state index contributed by atoms with van der Waals surface area (Å²) < 4.78 is 16.0. The Morgan fingerprint density at radius 2 is 1.43 bits per heavy atom. The van der Waals surface area contributed by atoms with E-state index in [4.69, 9.17) is 14.2 Å². The molecule has 0 spiro atoms. The Morgan fingerprint density at radius 3 is 2.00 bits per heavy atom. The second-order valence-corrected chi connectivity index (χ2v) is 9.47. The van der Waals surface area contributed by atoms with E-state index in [9.17, 15) is 4.79 Å². The molecule has 186 valence electrons. The van der Waals surface area contributed by atoms with Crippen molar-refractivity contribution in [2.24, 2.45) is 0 Å². The number of nitrogens with one attached hydrogen (secondary N) is 1. The topological polar surface area (TPSA) is 60.0 Å². The Labute approximate surface area is 208 Å². The van der Waals surface area contributed by atoms with Gasteiger partial charge in [0.1, 0.15) is 5.75 Å². The minimum Gasteiger partial charge on any atom is -0.497 e. The van der Waals surface area contributed by atoms with Gasteiger partial charge in [-0.05, 0) is 64.9 Å². The van der Waals surface area contributed by atoms with Crippen LogP contribution in [0.25, 0.3) is 0 Å². The maximum atomic E-state index is 13.3. The molecular weight excluding hydrogens is 440 g/mol. The molecule has 0 atom stereocenters.